The number of hydrogen-bond donors (Lipinski definition) is 1. The van der Waals surface area contributed by atoms with Crippen LogP contribution in [0.4, 0.5) is 5.82 Å². The smallest absolute Gasteiger partial charge is 0.250 e. The standard InChI is InChI=1S/C13H14BrN3O/c1-2-15-12-5-3-4-11(16-12)9-17-8-10(14)6-7-13(17)18/h3-8H,2,9H2,1H3,(H,15,16). The van der Waals surface area contributed by atoms with Crippen LogP contribution in [0.3, 0.4) is 0 Å². The number of pyridine rings is 2. The maximum Gasteiger partial charge on any atom is 0.250 e. The van der Waals surface area contributed by atoms with Gasteiger partial charge in [0.2, 0.25) is 0 Å². The molecule has 0 amide bonds. The van der Waals surface area contributed by atoms with Gasteiger partial charge in [-0.1, -0.05) is 6.07 Å². The van der Waals surface area contributed by atoms with Crippen molar-refractivity contribution in [2.45, 2.75) is 13.5 Å². The van der Waals surface area contributed by atoms with Gasteiger partial charge in [-0.25, -0.2) is 4.98 Å². The van der Waals surface area contributed by atoms with Gasteiger partial charge in [-0.05, 0) is 41.1 Å². The lowest BCUT2D eigenvalue weighted by Crippen LogP contribution is -2.19. The summed E-state index contributed by atoms with van der Waals surface area (Å²) < 4.78 is 2.51. The van der Waals surface area contributed by atoms with E-state index in [1.54, 1.807) is 16.8 Å². The van der Waals surface area contributed by atoms with Crippen LogP contribution >= 0.6 is 15.9 Å². The van der Waals surface area contributed by atoms with Crippen molar-refractivity contribution in [2.75, 3.05) is 11.9 Å². The number of nitrogens with zero attached hydrogens (tertiary/aromatic N) is 2. The zero-order chi connectivity index (χ0) is 13.0. The van der Waals surface area contributed by atoms with Crippen LogP contribution in [0.5, 0.6) is 0 Å². The van der Waals surface area contributed by atoms with Gasteiger partial charge in [-0.3, -0.25) is 4.79 Å². The summed E-state index contributed by atoms with van der Waals surface area (Å²) in [6.07, 6.45) is 1.77. The predicted octanol–water partition coefficient (Wildman–Crippen LogP) is 2.49. The highest BCUT2D eigenvalue weighted by molar-refractivity contribution is 9.10. The molecule has 0 fully saturated rings. The Hall–Kier alpha value is -1.62. The minimum absolute atomic E-state index is 0.0335. The Morgan fingerprint density at radius 2 is 2.17 bits per heavy atom. The summed E-state index contributed by atoms with van der Waals surface area (Å²) >= 11 is 3.36. The van der Waals surface area contributed by atoms with Gasteiger partial charge < -0.3 is 9.88 Å². The fraction of sp³-hybridized carbons (Fsp3) is 0.231. The summed E-state index contributed by atoms with van der Waals surface area (Å²) in [6.45, 7) is 3.32. The van der Waals surface area contributed by atoms with Crippen molar-refractivity contribution in [3.05, 3.63) is 57.0 Å². The average Bonchev–Trinajstić information content (AvgIpc) is 2.35. The fourth-order valence-electron chi connectivity index (χ4n) is 1.65. The Kier molecular flexibility index (Phi) is 4.15. The molecule has 4 nitrogen and oxygen atoms in total. The van der Waals surface area contributed by atoms with Crippen molar-refractivity contribution in [1.82, 2.24) is 9.55 Å². The Morgan fingerprint density at radius 3 is 2.94 bits per heavy atom. The topological polar surface area (TPSA) is 46.9 Å². The van der Waals surface area contributed by atoms with E-state index in [1.807, 2.05) is 25.1 Å². The van der Waals surface area contributed by atoms with Gasteiger partial charge in [0.15, 0.2) is 0 Å². The van der Waals surface area contributed by atoms with Gasteiger partial charge in [-0.15, -0.1) is 0 Å². The van der Waals surface area contributed by atoms with Gasteiger partial charge >= 0.3 is 0 Å². The summed E-state index contributed by atoms with van der Waals surface area (Å²) in [6, 6.07) is 9.04. The molecule has 0 aromatic carbocycles. The third kappa shape index (κ3) is 3.20. The zero-order valence-electron chi connectivity index (χ0n) is 10.1. The van der Waals surface area contributed by atoms with Crippen LogP contribution in [0, 0.1) is 0 Å². The molecule has 0 spiro atoms. The molecular weight excluding hydrogens is 294 g/mol. The molecule has 2 heterocycles. The second-order valence-corrected chi connectivity index (χ2v) is 4.77. The van der Waals surface area contributed by atoms with E-state index in [-0.39, 0.29) is 5.56 Å². The van der Waals surface area contributed by atoms with E-state index in [0.717, 1.165) is 22.5 Å². The maximum atomic E-state index is 11.7. The van der Waals surface area contributed by atoms with Crippen molar-refractivity contribution < 1.29 is 0 Å². The van der Waals surface area contributed by atoms with Gasteiger partial charge in [0, 0.05) is 23.3 Å². The number of nitrogens with one attached hydrogen (secondary N) is 1. The van der Waals surface area contributed by atoms with E-state index in [9.17, 15) is 4.79 Å². The first-order valence-corrected chi connectivity index (χ1v) is 6.54. The van der Waals surface area contributed by atoms with Crippen LogP contribution < -0.4 is 10.9 Å². The average molecular weight is 308 g/mol. The quantitative estimate of drug-likeness (QED) is 0.944. The largest absolute Gasteiger partial charge is 0.370 e. The SMILES string of the molecule is CCNc1cccc(Cn2cc(Br)ccc2=O)n1. The Balaban J connectivity index is 2.25. The number of hydrogen-bond acceptors (Lipinski definition) is 3. The van der Waals surface area contributed by atoms with Crippen LogP contribution in [-0.4, -0.2) is 16.1 Å². The van der Waals surface area contributed by atoms with Crippen LogP contribution in [0.15, 0.2) is 45.8 Å². The third-order valence-electron chi connectivity index (χ3n) is 2.44. The van der Waals surface area contributed by atoms with E-state index in [1.165, 1.54) is 6.07 Å². The van der Waals surface area contributed by atoms with Crippen molar-refractivity contribution in [2.24, 2.45) is 0 Å². The maximum absolute atomic E-state index is 11.7. The van der Waals surface area contributed by atoms with Gasteiger partial charge in [0.05, 0.1) is 12.2 Å². The van der Waals surface area contributed by atoms with Gasteiger partial charge in [0.25, 0.3) is 5.56 Å². The highest BCUT2D eigenvalue weighted by Gasteiger charge is 2.01. The summed E-state index contributed by atoms with van der Waals surface area (Å²) in [5.74, 6) is 0.832. The third-order valence-corrected chi connectivity index (χ3v) is 2.91. The minimum atomic E-state index is -0.0335. The monoisotopic (exact) mass is 307 g/mol. The molecule has 0 saturated heterocycles. The molecule has 2 rings (SSSR count). The number of aromatic nitrogens is 2. The molecule has 0 saturated carbocycles. The molecule has 18 heavy (non-hydrogen) atoms. The van der Waals surface area contributed by atoms with Crippen molar-refractivity contribution in [1.29, 1.82) is 0 Å². The summed E-state index contributed by atoms with van der Waals surface area (Å²) in [7, 11) is 0. The number of rotatable bonds is 4. The van der Waals surface area contributed by atoms with Crippen LogP contribution in [0.25, 0.3) is 0 Å². The fourth-order valence-corrected chi connectivity index (χ4v) is 2.03. The van der Waals surface area contributed by atoms with Crippen molar-refractivity contribution >= 4 is 21.7 Å². The molecule has 0 aliphatic heterocycles. The first-order chi connectivity index (χ1) is 8.69. The molecule has 5 heteroatoms. The molecule has 0 bridgehead atoms. The first-order valence-electron chi connectivity index (χ1n) is 5.75. The molecule has 1 N–H and O–H groups in total. The highest BCUT2D eigenvalue weighted by atomic mass is 79.9. The minimum Gasteiger partial charge on any atom is -0.370 e. The van der Waals surface area contributed by atoms with E-state index in [2.05, 4.69) is 26.2 Å². The second kappa shape index (κ2) is 5.82. The van der Waals surface area contributed by atoms with E-state index in [4.69, 9.17) is 0 Å². The number of anilines is 1. The first kappa shape index (κ1) is 12.8. The van der Waals surface area contributed by atoms with Crippen molar-refractivity contribution in [3.63, 3.8) is 0 Å². The lowest BCUT2D eigenvalue weighted by atomic mass is 10.3. The van der Waals surface area contributed by atoms with E-state index >= 15 is 0 Å². The molecule has 0 atom stereocenters. The molecule has 0 aliphatic carbocycles. The number of halogens is 1. The summed E-state index contributed by atoms with van der Waals surface area (Å²) in [5.41, 5.74) is 0.822. The lowest BCUT2D eigenvalue weighted by molar-refractivity contribution is 0.737. The Bertz CT molecular complexity index is 595. The molecule has 2 aromatic rings. The van der Waals surface area contributed by atoms with Crippen molar-refractivity contribution in [3.8, 4) is 0 Å². The Labute approximate surface area is 114 Å². The summed E-state index contributed by atoms with van der Waals surface area (Å²) in [4.78, 5) is 16.1. The lowest BCUT2D eigenvalue weighted by Gasteiger charge is -2.07. The molecule has 0 radical (unpaired) electrons. The van der Waals surface area contributed by atoms with Crippen LogP contribution in [0.1, 0.15) is 12.6 Å². The van der Waals surface area contributed by atoms with E-state index in [0.29, 0.717) is 6.54 Å². The second-order valence-electron chi connectivity index (χ2n) is 3.86. The molecule has 2 aromatic heterocycles. The normalized spacial score (nSPS) is 10.3. The Morgan fingerprint density at radius 1 is 1.33 bits per heavy atom. The van der Waals surface area contributed by atoms with Crippen LogP contribution in [0.2, 0.25) is 0 Å². The molecule has 0 aliphatic rings. The molecular formula is C13H14BrN3O. The highest BCUT2D eigenvalue weighted by Crippen LogP contribution is 2.08. The zero-order valence-corrected chi connectivity index (χ0v) is 11.6. The van der Waals surface area contributed by atoms with Gasteiger partial charge in [-0.2, -0.15) is 0 Å². The van der Waals surface area contributed by atoms with Gasteiger partial charge in [0.1, 0.15) is 5.82 Å². The molecule has 94 valence electrons. The predicted molar refractivity (Wildman–Crippen MR) is 75.9 cm³/mol. The van der Waals surface area contributed by atoms with Crippen LogP contribution in [-0.2, 0) is 6.54 Å². The molecule has 0 unspecified atom stereocenters. The van der Waals surface area contributed by atoms with E-state index < -0.39 is 0 Å². The summed E-state index contributed by atoms with van der Waals surface area (Å²) in [5, 5.41) is 3.15.